The molecule has 1 aliphatic rings. The number of carbonyl (C=O) groups is 1. The molecule has 0 saturated carbocycles. The minimum Gasteiger partial charge on any atom is -0.450 e. The van der Waals surface area contributed by atoms with E-state index in [2.05, 4.69) is 25.6 Å². The van der Waals surface area contributed by atoms with Gasteiger partial charge in [-0.05, 0) is 44.4 Å². The summed E-state index contributed by atoms with van der Waals surface area (Å²) in [5, 5.41) is 6.73. The monoisotopic (exact) mass is 370 g/mol. The van der Waals surface area contributed by atoms with Gasteiger partial charge in [-0.25, -0.2) is 9.78 Å². The number of pyridine rings is 1. The summed E-state index contributed by atoms with van der Waals surface area (Å²) in [5.41, 5.74) is 2.02. The van der Waals surface area contributed by atoms with Crippen molar-refractivity contribution >= 4 is 17.9 Å². The number of hydrogen-bond donors (Lipinski definition) is 2. The van der Waals surface area contributed by atoms with Gasteiger partial charge in [0.25, 0.3) is 0 Å². The topological polar surface area (TPSA) is 92.3 Å². The Hall–Kier alpha value is -2.90. The van der Waals surface area contributed by atoms with Gasteiger partial charge in [0.15, 0.2) is 0 Å². The van der Waals surface area contributed by atoms with Gasteiger partial charge < -0.3 is 20.3 Å². The second kappa shape index (κ2) is 9.16. The minimum absolute atomic E-state index is 0.226. The van der Waals surface area contributed by atoms with Crippen LogP contribution < -0.4 is 10.6 Å². The molecule has 144 valence electrons. The molecule has 0 spiro atoms. The van der Waals surface area contributed by atoms with Crippen LogP contribution in [-0.4, -0.2) is 51.7 Å². The number of amides is 1. The number of aromatic nitrogens is 3. The number of nitrogens with zero attached hydrogens (tertiary/aromatic N) is 4. The van der Waals surface area contributed by atoms with Gasteiger partial charge in [0.1, 0.15) is 5.82 Å². The summed E-state index contributed by atoms with van der Waals surface area (Å²) in [4.78, 5) is 26.6. The molecular weight excluding hydrogens is 344 g/mol. The number of anilines is 2. The van der Waals surface area contributed by atoms with Crippen LogP contribution in [0, 0.1) is 6.92 Å². The maximum absolute atomic E-state index is 11.8. The van der Waals surface area contributed by atoms with Crippen LogP contribution in [0.5, 0.6) is 0 Å². The Morgan fingerprint density at radius 2 is 2.00 bits per heavy atom. The molecule has 0 aliphatic carbocycles. The summed E-state index contributed by atoms with van der Waals surface area (Å²) in [5.74, 6) is 1.40. The summed E-state index contributed by atoms with van der Waals surface area (Å²) < 4.78 is 5.06. The molecular formula is C19H26N6O2. The van der Waals surface area contributed by atoms with Crippen LogP contribution in [-0.2, 0) is 11.3 Å². The second-order valence-corrected chi connectivity index (χ2v) is 6.53. The molecule has 0 bridgehead atoms. The Morgan fingerprint density at radius 3 is 2.70 bits per heavy atom. The second-order valence-electron chi connectivity index (χ2n) is 6.53. The van der Waals surface area contributed by atoms with Gasteiger partial charge >= 0.3 is 6.09 Å². The number of aryl methyl sites for hydroxylation is 1. The normalized spacial score (nSPS) is 14.7. The van der Waals surface area contributed by atoms with Crippen molar-refractivity contribution in [2.45, 2.75) is 39.3 Å². The number of ether oxygens (including phenoxy) is 1. The predicted octanol–water partition coefficient (Wildman–Crippen LogP) is 2.82. The first kappa shape index (κ1) is 18.9. The highest BCUT2D eigenvalue weighted by atomic mass is 16.6. The van der Waals surface area contributed by atoms with Gasteiger partial charge in [-0.3, -0.25) is 4.98 Å². The molecule has 0 aromatic carbocycles. The van der Waals surface area contributed by atoms with E-state index >= 15 is 0 Å². The highest BCUT2D eigenvalue weighted by Crippen LogP contribution is 2.18. The number of rotatable bonds is 6. The van der Waals surface area contributed by atoms with Crippen molar-refractivity contribution in [1.29, 1.82) is 0 Å². The maximum Gasteiger partial charge on any atom is 0.409 e. The fourth-order valence-electron chi connectivity index (χ4n) is 3.03. The Kier molecular flexibility index (Phi) is 6.40. The van der Waals surface area contributed by atoms with Crippen LogP contribution >= 0.6 is 0 Å². The Bertz CT molecular complexity index is 747. The lowest BCUT2D eigenvalue weighted by Crippen LogP contribution is -2.42. The maximum atomic E-state index is 11.8. The summed E-state index contributed by atoms with van der Waals surface area (Å²) in [7, 11) is 0. The Balaban J connectivity index is 1.54. The third-order valence-corrected chi connectivity index (χ3v) is 4.43. The molecule has 8 nitrogen and oxygen atoms in total. The highest BCUT2D eigenvalue weighted by Gasteiger charge is 2.23. The lowest BCUT2D eigenvalue weighted by molar-refractivity contribution is 0.0983. The lowest BCUT2D eigenvalue weighted by Gasteiger charge is -2.31. The first-order chi connectivity index (χ1) is 13.1. The standard InChI is InChI=1S/C19H26N6O2/c1-3-27-19(26)25-10-6-16(7-11-25)23-17-12-14(2)22-18(24-17)21-13-15-4-8-20-9-5-15/h4-5,8-9,12,16H,3,6-7,10-11,13H2,1-2H3,(H2,21,22,23,24). The van der Waals surface area contributed by atoms with Gasteiger partial charge in [-0.1, -0.05) is 0 Å². The van der Waals surface area contributed by atoms with E-state index in [1.54, 1.807) is 17.3 Å². The molecule has 2 N–H and O–H groups in total. The van der Waals surface area contributed by atoms with E-state index in [1.165, 1.54) is 0 Å². The smallest absolute Gasteiger partial charge is 0.409 e. The number of carbonyl (C=O) groups excluding carboxylic acids is 1. The van der Waals surface area contributed by atoms with Crippen LogP contribution in [0.1, 0.15) is 31.0 Å². The molecule has 27 heavy (non-hydrogen) atoms. The van der Waals surface area contributed by atoms with Gasteiger partial charge in [0.05, 0.1) is 6.61 Å². The fraction of sp³-hybridized carbons (Fsp3) is 0.474. The molecule has 1 aliphatic heterocycles. The van der Waals surface area contributed by atoms with Crippen molar-refractivity contribution in [2.75, 3.05) is 30.3 Å². The van der Waals surface area contributed by atoms with Gasteiger partial charge in [0.2, 0.25) is 5.95 Å². The summed E-state index contributed by atoms with van der Waals surface area (Å²) in [6.07, 6.45) is 5.04. The summed E-state index contributed by atoms with van der Waals surface area (Å²) in [6.45, 7) is 6.20. The van der Waals surface area contributed by atoms with Crippen molar-refractivity contribution in [3.05, 3.63) is 41.9 Å². The van der Waals surface area contributed by atoms with Gasteiger partial charge in [0, 0.05) is 49.8 Å². The molecule has 1 saturated heterocycles. The van der Waals surface area contributed by atoms with Crippen LogP contribution in [0.25, 0.3) is 0 Å². The molecule has 0 unspecified atom stereocenters. The molecule has 1 fully saturated rings. The zero-order valence-corrected chi connectivity index (χ0v) is 15.8. The van der Waals surface area contributed by atoms with Crippen LogP contribution in [0.15, 0.2) is 30.6 Å². The largest absolute Gasteiger partial charge is 0.450 e. The zero-order chi connectivity index (χ0) is 19.1. The van der Waals surface area contributed by atoms with E-state index in [0.29, 0.717) is 32.2 Å². The van der Waals surface area contributed by atoms with Crippen molar-refractivity contribution in [3.63, 3.8) is 0 Å². The molecule has 8 heteroatoms. The van der Waals surface area contributed by atoms with Crippen LogP contribution in [0.2, 0.25) is 0 Å². The molecule has 3 rings (SSSR count). The number of piperidine rings is 1. The van der Waals surface area contributed by atoms with Crippen molar-refractivity contribution in [2.24, 2.45) is 0 Å². The SMILES string of the molecule is CCOC(=O)N1CCC(Nc2cc(C)nc(NCc3ccncc3)n2)CC1. The molecule has 0 atom stereocenters. The van der Waals surface area contributed by atoms with E-state index in [-0.39, 0.29) is 12.1 Å². The van der Waals surface area contributed by atoms with E-state index in [4.69, 9.17) is 4.74 Å². The number of hydrogen-bond acceptors (Lipinski definition) is 7. The van der Waals surface area contributed by atoms with Gasteiger partial charge in [-0.15, -0.1) is 0 Å². The van der Waals surface area contributed by atoms with E-state index in [1.807, 2.05) is 32.0 Å². The number of likely N-dealkylation sites (tertiary alicyclic amines) is 1. The predicted molar refractivity (Wildman–Crippen MR) is 104 cm³/mol. The Morgan fingerprint density at radius 1 is 1.26 bits per heavy atom. The van der Waals surface area contributed by atoms with Gasteiger partial charge in [-0.2, -0.15) is 4.98 Å². The van der Waals surface area contributed by atoms with Crippen molar-refractivity contribution in [3.8, 4) is 0 Å². The Labute approximate surface area is 159 Å². The minimum atomic E-state index is -0.226. The average molecular weight is 370 g/mol. The van der Waals surface area contributed by atoms with Crippen molar-refractivity contribution in [1.82, 2.24) is 19.9 Å². The lowest BCUT2D eigenvalue weighted by atomic mass is 10.1. The van der Waals surface area contributed by atoms with Crippen LogP contribution in [0.3, 0.4) is 0 Å². The zero-order valence-electron chi connectivity index (χ0n) is 15.8. The summed E-state index contributed by atoms with van der Waals surface area (Å²) in [6, 6.07) is 6.13. The van der Waals surface area contributed by atoms with Crippen molar-refractivity contribution < 1.29 is 9.53 Å². The van der Waals surface area contributed by atoms with E-state index < -0.39 is 0 Å². The third-order valence-electron chi connectivity index (χ3n) is 4.43. The van der Waals surface area contributed by atoms with Crippen LogP contribution in [0.4, 0.5) is 16.6 Å². The fourth-order valence-corrected chi connectivity index (χ4v) is 3.03. The first-order valence-corrected chi connectivity index (χ1v) is 9.30. The van der Waals surface area contributed by atoms with E-state index in [0.717, 1.165) is 29.9 Å². The third kappa shape index (κ3) is 5.54. The highest BCUT2D eigenvalue weighted by molar-refractivity contribution is 5.67. The molecule has 2 aromatic heterocycles. The quantitative estimate of drug-likeness (QED) is 0.808. The molecule has 3 heterocycles. The first-order valence-electron chi connectivity index (χ1n) is 9.30. The molecule has 0 radical (unpaired) electrons. The van der Waals surface area contributed by atoms with E-state index in [9.17, 15) is 4.79 Å². The number of nitrogens with one attached hydrogen (secondary N) is 2. The molecule has 2 aromatic rings. The average Bonchev–Trinajstić information content (AvgIpc) is 2.67. The summed E-state index contributed by atoms with van der Waals surface area (Å²) >= 11 is 0. The molecule has 1 amide bonds.